The molecule has 0 bridgehead atoms. The Morgan fingerprint density at radius 1 is 1.27 bits per heavy atom. The van der Waals surface area contributed by atoms with Crippen LogP contribution in [0.1, 0.15) is 42.0 Å². The van der Waals surface area contributed by atoms with Gasteiger partial charge in [0.15, 0.2) is 6.04 Å². The molecule has 0 spiro atoms. The summed E-state index contributed by atoms with van der Waals surface area (Å²) in [5, 5.41) is 22.2. The van der Waals surface area contributed by atoms with E-state index >= 15 is 0 Å². The van der Waals surface area contributed by atoms with E-state index in [-0.39, 0.29) is 24.1 Å². The normalized spacial score (nSPS) is 12.0. The highest BCUT2D eigenvalue weighted by atomic mass is 19.1. The molecule has 1 unspecified atom stereocenters. The lowest BCUT2D eigenvalue weighted by Crippen LogP contribution is -2.27. The lowest BCUT2D eigenvalue weighted by molar-refractivity contribution is -0.389. The van der Waals surface area contributed by atoms with Gasteiger partial charge in [0, 0.05) is 5.56 Å². The largest absolute Gasteiger partial charge is 0.390 e. The molecule has 30 heavy (non-hydrogen) atoms. The second-order valence-corrected chi connectivity index (χ2v) is 7.05. The number of amides is 1. The minimum absolute atomic E-state index is 0.233. The average molecular weight is 414 g/mol. The lowest BCUT2D eigenvalue weighted by atomic mass is 10.2. The molecule has 9 nitrogen and oxygen atoms in total. The van der Waals surface area contributed by atoms with Crippen LogP contribution in [-0.2, 0) is 11.3 Å². The van der Waals surface area contributed by atoms with Crippen LogP contribution in [0.25, 0.3) is 0 Å². The number of hydrogen-bond donors (Lipinski definition) is 1. The zero-order valence-corrected chi connectivity index (χ0v) is 17.2. The van der Waals surface area contributed by atoms with Crippen LogP contribution in [0, 0.1) is 36.7 Å². The maximum Gasteiger partial charge on any atom is 0.390 e. The molecule has 10 heteroatoms. The van der Waals surface area contributed by atoms with Crippen LogP contribution < -0.4 is 5.32 Å². The third-order valence-electron chi connectivity index (χ3n) is 4.99. The highest BCUT2D eigenvalue weighted by Gasteiger charge is 2.28. The monoisotopic (exact) mass is 414 g/mol. The maximum atomic E-state index is 14.0. The van der Waals surface area contributed by atoms with Crippen molar-refractivity contribution in [1.82, 2.24) is 19.6 Å². The molecule has 0 saturated heterocycles. The Bertz CT molecular complexity index is 1100. The van der Waals surface area contributed by atoms with E-state index in [2.05, 4.69) is 15.5 Å². The standard InChI is InChI=1S/C20H23FN6O3/c1-5-17(26-12(2)10-18(24-26)27(29)30)20(28)22-19-13(3)23-25(14(19)4)11-15-8-6-7-9-16(15)21/h6-10,17H,5,11H2,1-4H3,(H,22,28). The second kappa shape index (κ2) is 8.44. The molecule has 1 atom stereocenters. The maximum absolute atomic E-state index is 14.0. The van der Waals surface area contributed by atoms with Crippen molar-refractivity contribution in [2.75, 3.05) is 5.32 Å². The summed E-state index contributed by atoms with van der Waals surface area (Å²) >= 11 is 0. The number of nitro groups is 1. The molecule has 0 aliphatic rings. The molecule has 0 radical (unpaired) electrons. The van der Waals surface area contributed by atoms with Gasteiger partial charge < -0.3 is 15.4 Å². The molecule has 0 fully saturated rings. The van der Waals surface area contributed by atoms with Crippen LogP contribution in [0.3, 0.4) is 0 Å². The molecule has 0 saturated carbocycles. The first-order valence-electron chi connectivity index (χ1n) is 9.51. The molecule has 0 aliphatic carbocycles. The minimum Gasteiger partial charge on any atom is -0.358 e. The Kier molecular flexibility index (Phi) is 5.95. The van der Waals surface area contributed by atoms with E-state index in [1.165, 1.54) is 16.8 Å². The number of anilines is 1. The van der Waals surface area contributed by atoms with Gasteiger partial charge in [0.1, 0.15) is 5.82 Å². The Hall–Kier alpha value is -3.56. The number of carbonyl (C=O) groups excluding carboxylic acids is 1. The molecular formula is C20H23FN6O3. The fraction of sp³-hybridized carbons (Fsp3) is 0.350. The van der Waals surface area contributed by atoms with Crippen LogP contribution in [0.4, 0.5) is 15.9 Å². The third-order valence-corrected chi connectivity index (χ3v) is 4.99. The highest BCUT2D eigenvalue weighted by Crippen LogP contribution is 2.25. The van der Waals surface area contributed by atoms with Crippen molar-refractivity contribution < 1.29 is 14.1 Å². The van der Waals surface area contributed by atoms with Crippen molar-refractivity contribution in [2.45, 2.75) is 46.7 Å². The molecule has 3 rings (SSSR count). The summed E-state index contributed by atoms with van der Waals surface area (Å²) in [6.45, 7) is 7.25. The van der Waals surface area contributed by atoms with Gasteiger partial charge in [0.05, 0.1) is 40.5 Å². The van der Waals surface area contributed by atoms with E-state index < -0.39 is 11.0 Å². The van der Waals surface area contributed by atoms with Gasteiger partial charge in [0.2, 0.25) is 0 Å². The van der Waals surface area contributed by atoms with E-state index in [1.54, 1.807) is 50.6 Å². The predicted molar refractivity (Wildman–Crippen MR) is 109 cm³/mol. The predicted octanol–water partition coefficient (Wildman–Crippen LogP) is 3.69. The van der Waals surface area contributed by atoms with Crippen molar-refractivity contribution in [3.8, 4) is 0 Å². The Morgan fingerprint density at radius 2 is 1.97 bits per heavy atom. The number of hydrogen-bond acceptors (Lipinski definition) is 5. The minimum atomic E-state index is -0.715. The molecule has 1 N–H and O–H groups in total. The summed E-state index contributed by atoms with van der Waals surface area (Å²) in [7, 11) is 0. The lowest BCUT2D eigenvalue weighted by Gasteiger charge is -2.14. The number of nitrogens with one attached hydrogen (secondary N) is 1. The first-order chi connectivity index (χ1) is 14.2. The van der Waals surface area contributed by atoms with Gasteiger partial charge in [-0.1, -0.05) is 25.1 Å². The number of benzene rings is 1. The third kappa shape index (κ3) is 4.07. The zero-order valence-electron chi connectivity index (χ0n) is 17.2. The molecule has 3 aromatic rings. The van der Waals surface area contributed by atoms with Gasteiger partial charge >= 0.3 is 5.82 Å². The van der Waals surface area contributed by atoms with Gasteiger partial charge in [-0.25, -0.2) is 4.39 Å². The molecule has 0 aliphatic heterocycles. The van der Waals surface area contributed by atoms with Crippen molar-refractivity contribution in [3.05, 3.63) is 68.9 Å². The molecule has 2 heterocycles. The van der Waals surface area contributed by atoms with Crippen LogP contribution in [-0.4, -0.2) is 30.4 Å². The quantitative estimate of drug-likeness (QED) is 0.469. The van der Waals surface area contributed by atoms with E-state index in [9.17, 15) is 19.3 Å². The van der Waals surface area contributed by atoms with Crippen molar-refractivity contribution in [2.24, 2.45) is 0 Å². The topological polar surface area (TPSA) is 108 Å². The Morgan fingerprint density at radius 3 is 2.57 bits per heavy atom. The first kappa shape index (κ1) is 21.2. The van der Waals surface area contributed by atoms with Crippen LogP contribution >= 0.6 is 0 Å². The summed E-state index contributed by atoms with van der Waals surface area (Å²) in [6.07, 6.45) is 0.396. The SMILES string of the molecule is CCC(C(=O)Nc1c(C)nn(Cc2ccccc2F)c1C)n1nc([N+](=O)[O-])cc1C. The molecule has 158 valence electrons. The number of nitrogens with zero attached hydrogens (tertiary/aromatic N) is 5. The average Bonchev–Trinajstić information content (AvgIpc) is 3.20. The number of aryl methyl sites for hydroxylation is 2. The Balaban J connectivity index is 1.85. The fourth-order valence-corrected chi connectivity index (χ4v) is 3.37. The van der Waals surface area contributed by atoms with E-state index in [4.69, 9.17) is 0 Å². The molecule has 1 amide bonds. The molecular weight excluding hydrogens is 391 g/mol. The van der Waals surface area contributed by atoms with Crippen molar-refractivity contribution >= 4 is 17.4 Å². The highest BCUT2D eigenvalue weighted by molar-refractivity contribution is 5.94. The van der Waals surface area contributed by atoms with Gasteiger partial charge in [-0.15, -0.1) is 0 Å². The summed E-state index contributed by atoms with van der Waals surface area (Å²) in [6, 6.07) is 7.07. The summed E-state index contributed by atoms with van der Waals surface area (Å²) < 4.78 is 17.0. The van der Waals surface area contributed by atoms with E-state index in [0.29, 0.717) is 34.8 Å². The smallest absolute Gasteiger partial charge is 0.358 e. The molecule has 2 aromatic heterocycles. The van der Waals surface area contributed by atoms with E-state index in [1.807, 2.05) is 0 Å². The summed E-state index contributed by atoms with van der Waals surface area (Å²) in [5.74, 6) is -0.975. The summed E-state index contributed by atoms with van der Waals surface area (Å²) in [5.41, 5.74) is 2.82. The van der Waals surface area contributed by atoms with Crippen LogP contribution in [0.5, 0.6) is 0 Å². The van der Waals surface area contributed by atoms with Crippen LogP contribution in [0.2, 0.25) is 0 Å². The number of carbonyl (C=O) groups is 1. The first-order valence-corrected chi connectivity index (χ1v) is 9.51. The van der Waals surface area contributed by atoms with E-state index in [0.717, 1.165) is 0 Å². The van der Waals surface area contributed by atoms with Crippen molar-refractivity contribution in [3.63, 3.8) is 0 Å². The molecule has 1 aromatic carbocycles. The second-order valence-electron chi connectivity index (χ2n) is 7.05. The number of aromatic nitrogens is 4. The van der Waals surface area contributed by atoms with Gasteiger partial charge in [0.25, 0.3) is 5.91 Å². The van der Waals surface area contributed by atoms with Gasteiger partial charge in [-0.05, 0) is 38.2 Å². The summed E-state index contributed by atoms with van der Waals surface area (Å²) in [4.78, 5) is 23.4. The number of halogens is 1. The van der Waals surface area contributed by atoms with Crippen LogP contribution in [0.15, 0.2) is 30.3 Å². The van der Waals surface area contributed by atoms with Gasteiger partial charge in [-0.2, -0.15) is 9.78 Å². The van der Waals surface area contributed by atoms with Crippen molar-refractivity contribution in [1.29, 1.82) is 0 Å². The fourth-order valence-electron chi connectivity index (χ4n) is 3.37. The van der Waals surface area contributed by atoms with Gasteiger partial charge in [-0.3, -0.25) is 9.48 Å². The zero-order chi connectivity index (χ0) is 22.0. The Labute approximate surface area is 172 Å². The number of rotatable bonds is 7.